The first kappa shape index (κ1) is 18.3. The monoisotopic (exact) mass is 378 g/mol. The van der Waals surface area contributed by atoms with Crippen LogP contribution in [0.15, 0.2) is 23.0 Å². The van der Waals surface area contributed by atoms with E-state index in [0.29, 0.717) is 36.6 Å². The highest BCUT2D eigenvalue weighted by atomic mass is 35.5. The molecule has 0 atom stereocenters. The molecule has 3 rings (SSSR count). The number of benzene rings is 1. The summed E-state index contributed by atoms with van der Waals surface area (Å²) in [6.45, 7) is 0. The van der Waals surface area contributed by atoms with Crippen molar-refractivity contribution in [1.29, 1.82) is 0 Å². The van der Waals surface area contributed by atoms with Gasteiger partial charge in [-0.1, -0.05) is 18.0 Å². The summed E-state index contributed by atoms with van der Waals surface area (Å²) in [4.78, 5) is 37.3. The van der Waals surface area contributed by atoms with Crippen LogP contribution in [0.2, 0.25) is 5.02 Å². The predicted octanol–water partition coefficient (Wildman–Crippen LogP) is 2.24. The highest BCUT2D eigenvalue weighted by Gasteiger charge is 2.42. The molecule has 8 heteroatoms. The number of amides is 1. The first-order chi connectivity index (χ1) is 12.3. The fourth-order valence-corrected chi connectivity index (χ4v) is 3.73. The Morgan fingerprint density at radius 2 is 1.92 bits per heavy atom. The Labute approximate surface area is 154 Å². The van der Waals surface area contributed by atoms with Crippen molar-refractivity contribution < 1.29 is 19.4 Å². The number of esters is 1. The number of aromatic hydroxyl groups is 1. The molecule has 1 amide bonds. The average Bonchev–Trinajstić information content (AvgIpc) is 2.60. The average molecular weight is 379 g/mol. The van der Waals surface area contributed by atoms with Crippen LogP contribution in [0.25, 0.3) is 10.9 Å². The van der Waals surface area contributed by atoms with Gasteiger partial charge < -0.3 is 20.1 Å². The maximum Gasteiger partial charge on any atom is 0.346 e. The summed E-state index contributed by atoms with van der Waals surface area (Å²) >= 11 is 6.29. The number of aryl methyl sites for hydroxylation is 1. The van der Waals surface area contributed by atoms with Crippen molar-refractivity contribution in [3.05, 3.63) is 39.1 Å². The van der Waals surface area contributed by atoms with E-state index < -0.39 is 23.0 Å². The molecule has 0 bridgehead atoms. The van der Waals surface area contributed by atoms with Gasteiger partial charge in [-0.15, -0.1) is 0 Å². The minimum atomic E-state index is -1.42. The van der Waals surface area contributed by atoms with Gasteiger partial charge in [-0.05, 0) is 43.9 Å². The van der Waals surface area contributed by atoms with E-state index in [0.717, 1.165) is 6.42 Å². The largest absolute Gasteiger partial charge is 0.508 e. The summed E-state index contributed by atoms with van der Waals surface area (Å²) in [5.41, 5.74) is 3.49. The molecule has 26 heavy (non-hydrogen) atoms. The summed E-state index contributed by atoms with van der Waals surface area (Å²) in [5, 5.41) is 9.90. The molecule has 1 fully saturated rings. The third kappa shape index (κ3) is 2.92. The van der Waals surface area contributed by atoms with Gasteiger partial charge in [0.05, 0.1) is 10.5 Å². The van der Waals surface area contributed by atoms with Crippen LogP contribution in [0.5, 0.6) is 5.75 Å². The number of phenols is 1. The lowest BCUT2D eigenvalue weighted by molar-refractivity contribution is -0.140. The molecule has 0 radical (unpaired) electrons. The zero-order valence-electron chi connectivity index (χ0n) is 14.3. The van der Waals surface area contributed by atoms with Gasteiger partial charge in [0, 0.05) is 12.4 Å². The lowest BCUT2D eigenvalue weighted by Crippen LogP contribution is -2.49. The van der Waals surface area contributed by atoms with Crippen LogP contribution in [0.4, 0.5) is 0 Å². The summed E-state index contributed by atoms with van der Waals surface area (Å²) in [6, 6.07) is 4.30. The Kier molecular flexibility index (Phi) is 4.66. The summed E-state index contributed by atoms with van der Waals surface area (Å²) < 4.78 is 6.69. The van der Waals surface area contributed by atoms with Gasteiger partial charge in [-0.25, -0.2) is 4.79 Å². The minimum absolute atomic E-state index is 0.0572. The number of pyridine rings is 1. The highest BCUT2D eigenvalue weighted by molar-refractivity contribution is 6.38. The van der Waals surface area contributed by atoms with Crippen molar-refractivity contribution in [1.82, 2.24) is 4.57 Å². The van der Waals surface area contributed by atoms with Gasteiger partial charge in [0.1, 0.15) is 11.3 Å². The van der Waals surface area contributed by atoms with Crippen molar-refractivity contribution in [2.75, 3.05) is 0 Å². The summed E-state index contributed by atoms with van der Waals surface area (Å²) in [5.74, 6) is -1.77. The molecule has 0 aliphatic heterocycles. The molecule has 1 aliphatic carbocycles. The topological polar surface area (TPSA) is 112 Å². The van der Waals surface area contributed by atoms with E-state index in [1.807, 2.05) is 0 Å². The van der Waals surface area contributed by atoms with E-state index >= 15 is 0 Å². The Morgan fingerprint density at radius 3 is 2.54 bits per heavy atom. The Hall–Kier alpha value is -2.54. The number of hydrogen-bond acceptors (Lipinski definition) is 5. The zero-order valence-corrected chi connectivity index (χ0v) is 15.0. The van der Waals surface area contributed by atoms with E-state index in [2.05, 4.69) is 0 Å². The third-order valence-electron chi connectivity index (χ3n) is 4.92. The molecular weight excluding hydrogens is 360 g/mol. The lowest BCUT2D eigenvalue weighted by atomic mass is 9.84. The SMILES string of the molecule is Cn1c(=O)c(C(=O)OC2(C(N)=O)CCCCC2)c(Cl)c2cc(O)ccc21. The number of carbonyl (C=O) groups is 2. The molecular formula is C18H19ClN2O5. The van der Waals surface area contributed by atoms with Gasteiger partial charge in [-0.3, -0.25) is 9.59 Å². The highest BCUT2D eigenvalue weighted by Crippen LogP contribution is 2.34. The molecule has 2 aromatic rings. The number of rotatable bonds is 3. The zero-order chi connectivity index (χ0) is 19.1. The number of halogens is 1. The number of primary amides is 1. The van der Waals surface area contributed by atoms with E-state index in [9.17, 15) is 19.5 Å². The third-order valence-corrected chi connectivity index (χ3v) is 5.31. The van der Waals surface area contributed by atoms with Gasteiger partial charge in [0.15, 0.2) is 5.60 Å². The van der Waals surface area contributed by atoms with Crippen LogP contribution in [-0.2, 0) is 16.6 Å². The molecule has 0 saturated heterocycles. The number of phenolic OH excluding ortho intramolecular Hbond substituents is 1. The lowest BCUT2D eigenvalue weighted by Gasteiger charge is -2.33. The van der Waals surface area contributed by atoms with E-state index in [4.69, 9.17) is 22.1 Å². The summed E-state index contributed by atoms with van der Waals surface area (Å²) in [6.07, 6.45) is 2.96. The number of nitrogens with two attached hydrogens (primary N) is 1. The van der Waals surface area contributed by atoms with Crippen LogP contribution in [0, 0.1) is 0 Å². The second-order valence-electron chi connectivity index (χ2n) is 6.56. The Balaban J connectivity index is 2.11. The number of aromatic nitrogens is 1. The van der Waals surface area contributed by atoms with Crippen LogP contribution >= 0.6 is 11.6 Å². The molecule has 1 saturated carbocycles. The first-order valence-electron chi connectivity index (χ1n) is 8.31. The molecule has 1 aromatic carbocycles. The smallest absolute Gasteiger partial charge is 0.346 e. The van der Waals surface area contributed by atoms with Gasteiger partial charge >= 0.3 is 5.97 Å². The number of fused-ring (bicyclic) bond motifs is 1. The molecule has 1 aromatic heterocycles. The number of hydrogen-bond donors (Lipinski definition) is 2. The van der Waals surface area contributed by atoms with E-state index in [-0.39, 0.29) is 16.3 Å². The van der Waals surface area contributed by atoms with Crippen molar-refractivity contribution in [3.63, 3.8) is 0 Å². The fraction of sp³-hybridized carbons (Fsp3) is 0.389. The maximum atomic E-state index is 12.8. The van der Waals surface area contributed by atoms with Gasteiger partial charge in [0.25, 0.3) is 11.5 Å². The van der Waals surface area contributed by atoms with E-state index in [1.165, 1.54) is 29.8 Å². The normalized spacial score (nSPS) is 16.4. The van der Waals surface area contributed by atoms with Crippen molar-refractivity contribution in [2.24, 2.45) is 12.8 Å². The van der Waals surface area contributed by atoms with Gasteiger partial charge in [-0.2, -0.15) is 0 Å². The fourth-order valence-electron chi connectivity index (χ4n) is 3.43. The molecule has 3 N–H and O–H groups in total. The summed E-state index contributed by atoms with van der Waals surface area (Å²) in [7, 11) is 1.49. The molecule has 0 spiro atoms. The molecule has 1 aliphatic rings. The molecule has 7 nitrogen and oxygen atoms in total. The number of carbonyl (C=O) groups excluding carboxylic acids is 2. The number of nitrogens with zero attached hydrogens (tertiary/aromatic N) is 1. The van der Waals surface area contributed by atoms with Crippen LogP contribution in [0.1, 0.15) is 42.5 Å². The molecule has 0 unspecified atom stereocenters. The minimum Gasteiger partial charge on any atom is -0.508 e. The molecule has 1 heterocycles. The van der Waals surface area contributed by atoms with Crippen molar-refractivity contribution >= 4 is 34.4 Å². The van der Waals surface area contributed by atoms with Crippen LogP contribution in [0.3, 0.4) is 0 Å². The molecule has 138 valence electrons. The van der Waals surface area contributed by atoms with Crippen LogP contribution in [-0.4, -0.2) is 27.2 Å². The number of ether oxygens (including phenoxy) is 1. The van der Waals surface area contributed by atoms with Crippen molar-refractivity contribution in [3.8, 4) is 5.75 Å². The second-order valence-corrected chi connectivity index (χ2v) is 6.94. The first-order valence-corrected chi connectivity index (χ1v) is 8.69. The quantitative estimate of drug-likeness (QED) is 0.795. The van der Waals surface area contributed by atoms with Gasteiger partial charge in [0.2, 0.25) is 0 Å². The van der Waals surface area contributed by atoms with Crippen molar-refractivity contribution in [2.45, 2.75) is 37.7 Å². The second kappa shape index (κ2) is 6.64. The van der Waals surface area contributed by atoms with Crippen LogP contribution < -0.4 is 11.3 Å². The standard InChI is InChI=1S/C18H19ClN2O5/c1-21-12-6-5-10(22)9-11(12)14(19)13(15(21)23)16(24)26-18(17(20)25)7-3-2-4-8-18/h5-6,9,22H,2-4,7-8H2,1H3,(H2,20,25). The maximum absolute atomic E-state index is 12.8. The Bertz CT molecular complexity index is 960. The Morgan fingerprint density at radius 1 is 1.27 bits per heavy atom. The van der Waals surface area contributed by atoms with E-state index in [1.54, 1.807) is 0 Å². The predicted molar refractivity (Wildman–Crippen MR) is 96.3 cm³/mol.